The predicted octanol–water partition coefficient (Wildman–Crippen LogP) is 5.96. The third kappa shape index (κ3) is 6.15. The van der Waals surface area contributed by atoms with Gasteiger partial charge in [-0.15, -0.1) is 0 Å². The van der Waals surface area contributed by atoms with E-state index in [0.717, 1.165) is 17.0 Å². The minimum Gasteiger partial charge on any atom is -0.497 e. The number of benzene rings is 3. The van der Waals surface area contributed by atoms with Crippen LogP contribution in [-0.4, -0.2) is 37.2 Å². The SMILES string of the molecule is CCOc1cc(/C=C2/SC(=S)N(c3ccccc3)C2=O)ccc1OCCOc1cccc(OC)c1. The van der Waals surface area contributed by atoms with Gasteiger partial charge in [0.2, 0.25) is 0 Å². The van der Waals surface area contributed by atoms with Crippen molar-refractivity contribution >= 4 is 46.0 Å². The van der Waals surface area contributed by atoms with E-state index in [1.807, 2.05) is 85.8 Å². The van der Waals surface area contributed by atoms with Gasteiger partial charge in [-0.1, -0.05) is 54.3 Å². The number of methoxy groups -OCH3 is 1. The van der Waals surface area contributed by atoms with Crippen molar-refractivity contribution in [1.29, 1.82) is 0 Å². The average Bonchev–Trinajstić information content (AvgIpc) is 3.16. The molecule has 1 saturated heterocycles. The van der Waals surface area contributed by atoms with Crippen LogP contribution in [0.15, 0.2) is 77.7 Å². The Balaban J connectivity index is 1.43. The van der Waals surface area contributed by atoms with E-state index in [1.165, 1.54) is 11.8 Å². The largest absolute Gasteiger partial charge is 0.497 e. The summed E-state index contributed by atoms with van der Waals surface area (Å²) >= 11 is 6.74. The second-order valence-corrected chi connectivity index (χ2v) is 9.04. The lowest BCUT2D eigenvalue weighted by Crippen LogP contribution is -2.27. The summed E-state index contributed by atoms with van der Waals surface area (Å²) in [5.41, 5.74) is 1.58. The fraction of sp³-hybridized carbons (Fsp3) is 0.185. The van der Waals surface area contributed by atoms with Crippen molar-refractivity contribution in [2.24, 2.45) is 0 Å². The summed E-state index contributed by atoms with van der Waals surface area (Å²) in [5, 5.41) is 0. The van der Waals surface area contributed by atoms with E-state index in [-0.39, 0.29) is 5.91 Å². The molecule has 4 rings (SSSR count). The van der Waals surface area contributed by atoms with E-state index in [0.29, 0.717) is 46.3 Å². The minimum atomic E-state index is -0.140. The van der Waals surface area contributed by atoms with Crippen molar-refractivity contribution in [3.05, 3.63) is 83.3 Å². The fourth-order valence-electron chi connectivity index (χ4n) is 3.42. The molecule has 0 bridgehead atoms. The molecule has 0 radical (unpaired) electrons. The molecule has 0 aromatic heterocycles. The number of carbonyl (C=O) groups is 1. The molecule has 35 heavy (non-hydrogen) atoms. The maximum Gasteiger partial charge on any atom is 0.270 e. The highest BCUT2D eigenvalue weighted by Crippen LogP contribution is 2.37. The van der Waals surface area contributed by atoms with Gasteiger partial charge in [-0.2, -0.15) is 0 Å². The number of ether oxygens (including phenoxy) is 4. The zero-order valence-corrected chi connectivity index (χ0v) is 21.1. The summed E-state index contributed by atoms with van der Waals surface area (Å²) in [6.07, 6.45) is 1.82. The number of nitrogens with zero attached hydrogens (tertiary/aromatic N) is 1. The number of hydrogen-bond donors (Lipinski definition) is 0. The van der Waals surface area contributed by atoms with Gasteiger partial charge in [-0.3, -0.25) is 9.69 Å². The Labute approximate surface area is 214 Å². The van der Waals surface area contributed by atoms with E-state index < -0.39 is 0 Å². The van der Waals surface area contributed by atoms with Crippen LogP contribution < -0.4 is 23.8 Å². The zero-order valence-electron chi connectivity index (χ0n) is 19.4. The zero-order chi connectivity index (χ0) is 24.6. The number of rotatable bonds is 10. The van der Waals surface area contributed by atoms with Crippen molar-refractivity contribution in [2.45, 2.75) is 6.92 Å². The number of thiocarbonyl (C=S) groups is 1. The molecule has 1 aliphatic rings. The highest BCUT2D eigenvalue weighted by Gasteiger charge is 2.33. The van der Waals surface area contributed by atoms with Gasteiger partial charge < -0.3 is 18.9 Å². The molecule has 1 fully saturated rings. The monoisotopic (exact) mass is 507 g/mol. The Bertz CT molecular complexity index is 1230. The van der Waals surface area contributed by atoms with Crippen molar-refractivity contribution in [2.75, 3.05) is 31.8 Å². The molecule has 0 N–H and O–H groups in total. The van der Waals surface area contributed by atoms with E-state index in [4.69, 9.17) is 31.2 Å². The van der Waals surface area contributed by atoms with Crippen LogP contribution in [0.1, 0.15) is 12.5 Å². The molecule has 0 unspecified atom stereocenters. The molecule has 1 aliphatic heterocycles. The lowest BCUT2D eigenvalue weighted by molar-refractivity contribution is -0.113. The molecule has 0 atom stereocenters. The van der Waals surface area contributed by atoms with Gasteiger partial charge in [-0.05, 0) is 55.0 Å². The summed E-state index contributed by atoms with van der Waals surface area (Å²) in [6, 6.07) is 22.4. The third-order valence-electron chi connectivity index (χ3n) is 5.02. The molecule has 6 nitrogen and oxygen atoms in total. The van der Waals surface area contributed by atoms with Crippen LogP contribution in [0.3, 0.4) is 0 Å². The molecule has 8 heteroatoms. The number of carbonyl (C=O) groups excluding carboxylic acids is 1. The standard InChI is InChI=1S/C27H25NO5S2/c1-3-31-24-16-19(17-25-26(29)28(27(34)35-25)20-8-5-4-6-9-20)12-13-23(24)33-15-14-32-22-11-7-10-21(18-22)30-2/h4-13,16-18H,3,14-15H2,1-2H3/b25-17+. The first kappa shape index (κ1) is 24.6. The number of hydrogen-bond acceptors (Lipinski definition) is 7. The highest BCUT2D eigenvalue weighted by atomic mass is 32.2. The molecule has 1 heterocycles. The normalized spacial score (nSPS) is 14.3. The predicted molar refractivity (Wildman–Crippen MR) is 144 cm³/mol. The van der Waals surface area contributed by atoms with Crippen LogP contribution in [-0.2, 0) is 4.79 Å². The van der Waals surface area contributed by atoms with E-state index >= 15 is 0 Å². The lowest BCUT2D eigenvalue weighted by Gasteiger charge is -2.14. The molecule has 0 spiro atoms. The van der Waals surface area contributed by atoms with E-state index in [1.54, 1.807) is 12.0 Å². The number of anilines is 1. The second-order valence-electron chi connectivity index (χ2n) is 7.37. The molecule has 1 amide bonds. The van der Waals surface area contributed by atoms with E-state index in [2.05, 4.69) is 0 Å². The fourth-order valence-corrected chi connectivity index (χ4v) is 4.72. The molecular formula is C27H25NO5S2. The molecule has 3 aromatic rings. The maximum absolute atomic E-state index is 13.0. The summed E-state index contributed by atoms with van der Waals surface area (Å²) in [7, 11) is 1.62. The topological polar surface area (TPSA) is 57.2 Å². The van der Waals surface area contributed by atoms with Crippen molar-refractivity contribution < 1.29 is 23.7 Å². The number of amides is 1. The van der Waals surface area contributed by atoms with Crippen molar-refractivity contribution in [1.82, 2.24) is 0 Å². The van der Waals surface area contributed by atoms with Crippen LogP contribution in [0, 0.1) is 0 Å². The molecule has 0 aliphatic carbocycles. The summed E-state index contributed by atoms with van der Waals surface area (Å²) in [6.45, 7) is 3.10. The molecule has 3 aromatic carbocycles. The van der Waals surface area contributed by atoms with Crippen LogP contribution in [0.2, 0.25) is 0 Å². The first-order valence-corrected chi connectivity index (χ1v) is 12.3. The molecular weight excluding hydrogens is 482 g/mol. The Kier molecular flexibility index (Phi) is 8.28. The first-order chi connectivity index (χ1) is 17.1. The van der Waals surface area contributed by atoms with Crippen LogP contribution in [0.4, 0.5) is 5.69 Å². The lowest BCUT2D eigenvalue weighted by atomic mass is 10.1. The maximum atomic E-state index is 13.0. The summed E-state index contributed by atoms with van der Waals surface area (Å²) < 4.78 is 23.1. The third-order valence-corrected chi connectivity index (χ3v) is 6.33. The van der Waals surface area contributed by atoms with Gasteiger partial charge in [0.25, 0.3) is 5.91 Å². The highest BCUT2D eigenvalue weighted by molar-refractivity contribution is 8.27. The summed E-state index contributed by atoms with van der Waals surface area (Å²) in [4.78, 5) is 15.1. The van der Waals surface area contributed by atoms with Gasteiger partial charge >= 0.3 is 0 Å². The second kappa shape index (κ2) is 11.8. The van der Waals surface area contributed by atoms with E-state index in [9.17, 15) is 4.79 Å². The van der Waals surface area contributed by atoms with Gasteiger partial charge in [-0.25, -0.2) is 0 Å². The quantitative estimate of drug-likeness (QED) is 0.191. The van der Waals surface area contributed by atoms with Gasteiger partial charge in [0.1, 0.15) is 24.7 Å². The van der Waals surface area contributed by atoms with Crippen LogP contribution >= 0.6 is 24.0 Å². The van der Waals surface area contributed by atoms with Gasteiger partial charge in [0.05, 0.1) is 24.3 Å². The number of thioether (sulfide) groups is 1. The summed E-state index contributed by atoms with van der Waals surface area (Å²) in [5.74, 6) is 2.51. The Morgan fingerprint density at radius 2 is 1.66 bits per heavy atom. The molecule has 0 saturated carbocycles. The Hall–Kier alpha value is -3.49. The smallest absolute Gasteiger partial charge is 0.270 e. The first-order valence-electron chi connectivity index (χ1n) is 11.1. The van der Waals surface area contributed by atoms with Crippen LogP contribution in [0.25, 0.3) is 6.08 Å². The van der Waals surface area contributed by atoms with Gasteiger partial charge in [0.15, 0.2) is 15.8 Å². The molecule has 180 valence electrons. The van der Waals surface area contributed by atoms with Gasteiger partial charge in [0, 0.05) is 6.07 Å². The van der Waals surface area contributed by atoms with Crippen LogP contribution in [0.5, 0.6) is 23.0 Å². The Morgan fingerprint density at radius 1 is 0.886 bits per heavy atom. The van der Waals surface area contributed by atoms with Crippen molar-refractivity contribution in [3.8, 4) is 23.0 Å². The van der Waals surface area contributed by atoms with Crippen molar-refractivity contribution in [3.63, 3.8) is 0 Å². The Morgan fingerprint density at radius 3 is 2.43 bits per heavy atom. The minimum absolute atomic E-state index is 0.140. The average molecular weight is 508 g/mol. The number of para-hydroxylation sites is 1.